The third kappa shape index (κ3) is 4.70. The Bertz CT molecular complexity index is 978. The van der Waals surface area contributed by atoms with Crippen LogP contribution in [0.25, 0.3) is 5.65 Å². The molecule has 0 spiro atoms. The van der Waals surface area contributed by atoms with Gasteiger partial charge in [-0.05, 0) is 48.7 Å². The van der Waals surface area contributed by atoms with Crippen molar-refractivity contribution in [2.75, 3.05) is 20.1 Å². The van der Waals surface area contributed by atoms with Gasteiger partial charge in [-0.3, -0.25) is 4.79 Å². The lowest BCUT2D eigenvalue weighted by Gasteiger charge is -2.29. The zero-order valence-electron chi connectivity index (χ0n) is 17.0. The monoisotopic (exact) mass is 380 g/mol. The molecule has 28 heavy (non-hydrogen) atoms. The summed E-state index contributed by atoms with van der Waals surface area (Å²) in [5, 5.41) is 0. The smallest absolute Gasteiger partial charge is 0.253 e. The molecule has 3 rings (SSSR count). The molecule has 0 bridgehead atoms. The number of nitrogens with two attached hydrogens (primary N) is 1. The molecular formula is C22H28N4O2. The first-order valence-corrected chi connectivity index (χ1v) is 9.40. The Morgan fingerprint density at radius 1 is 1.25 bits per heavy atom. The number of benzene rings is 1. The summed E-state index contributed by atoms with van der Waals surface area (Å²) in [6.45, 7) is 7.60. The van der Waals surface area contributed by atoms with E-state index in [1.54, 1.807) is 24.1 Å². The number of hydrogen-bond donors (Lipinski definition) is 1. The van der Waals surface area contributed by atoms with Gasteiger partial charge in [-0.1, -0.05) is 26.0 Å². The van der Waals surface area contributed by atoms with Crippen molar-refractivity contribution in [3.63, 3.8) is 0 Å². The minimum absolute atomic E-state index is 0.0461. The second-order valence-electron chi connectivity index (χ2n) is 8.05. The maximum absolute atomic E-state index is 12.7. The fraction of sp³-hybridized carbons (Fsp3) is 0.364. The molecule has 0 saturated heterocycles. The summed E-state index contributed by atoms with van der Waals surface area (Å²) in [5.74, 6) is 0.598. The number of pyridine rings is 1. The Kier molecular flexibility index (Phi) is 5.70. The topological polar surface area (TPSA) is 72.9 Å². The number of carbonyl (C=O) groups excluding carboxylic acids is 1. The van der Waals surface area contributed by atoms with Crippen LogP contribution in [0.2, 0.25) is 0 Å². The molecule has 0 atom stereocenters. The van der Waals surface area contributed by atoms with E-state index in [9.17, 15) is 4.79 Å². The van der Waals surface area contributed by atoms with Gasteiger partial charge < -0.3 is 19.8 Å². The van der Waals surface area contributed by atoms with Crippen molar-refractivity contribution in [3.05, 3.63) is 65.6 Å². The first-order valence-electron chi connectivity index (χ1n) is 9.40. The second-order valence-corrected chi connectivity index (χ2v) is 8.05. The predicted molar refractivity (Wildman–Crippen MR) is 110 cm³/mol. The molecule has 0 aliphatic rings. The molecule has 0 aliphatic carbocycles. The maximum Gasteiger partial charge on any atom is 0.253 e. The van der Waals surface area contributed by atoms with Crippen molar-refractivity contribution in [2.45, 2.75) is 27.4 Å². The number of hydrogen-bond acceptors (Lipinski definition) is 4. The average molecular weight is 380 g/mol. The first-order chi connectivity index (χ1) is 13.3. The highest BCUT2D eigenvalue weighted by atomic mass is 16.5. The first kappa shape index (κ1) is 19.9. The highest BCUT2D eigenvalue weighted by Gasteiger charge is 2.22. The number of fused-ring (bicyclic) bond motifs is 1. The zero-order valence-corrected chi connectivity index (χ0v) is 17.0. The summed E-state index contributed by atoms with van der Waals surface area (Å²) in [6.07, 6.45) is 3.99. The van der Waals surface area contributed by atoms with Crippen molar-refractivity contribution in [1.82, 2.24) is 14.3 Å². The molecule has 0 aliphatic heterocycles. The van der Waals surface area contributed by atoms with Gasteiger partial charge in [-0.15, -0.1) is 0 Å². The van der Waals surface area contributed by atoms with E-state index in [0.717, 1.165) is 11.3 Å². The second kappa shape index (κ2) is 8.02. The molecule has 1 aromatic carbocycles. The molecule has 0 radical (unpaired) electrons. The maximum atomic E-state index is 12.7. The molecule has 3 aromatic rings. The van der Waals surface area contributed by atoms with Gasteiger partial charge in [-0.25, -0.2) is 4.98 Å². The fourth-order valence-electron chi connectivity index (χ4n) is 3.10. The van der Waals surface area contributed by atoms with E-state index < -0.39 is 0 Å². The van der Waals surface area contributed by atoms with Gasteiger partial charge in [0.1, 0.15) is 18.0 Å². The third-order valence-electron chi connectivity index (χ3n) is 4.68. The molecule has 2 N–H and O–H groups in total. The molecule has 6 nitrogen and oxygen atoms in total. The Hall–Kier alpha value is -2.86. The van der Waals surface area contributed by atoms with E-state index in [1.807, 2.05) is 61.8 Å². The minimum Gasteiger partial charge on any atom is -0.487 e. The van der Waals surface area contributed by atoms with Crippen molar-refractivity contribution < 1.29 is 9.53 Å². The van der Waals surface area contributed by atoms with E-state index in [-0.39, 0.29) is 11.3 Å². The van der Waals surface area contributed by atoms with E-state index >= 15 is 0 Å². The molecule has 0 saturated carbocycles. The van der Waals surface area contributed by atoms with Crippen LogP contribution in [-0.4, -0.2) is 40.3 Å². The molecule has 2 heterocycles. The normalized spacial score (nSPS) is 11.6. The summed E-state index contributed by atoms with van der Waals surface area (Å²) in [5.41, 5.74) is 9.15. The number of aryl methyl sites for hydroxylation is 1. The SMILES string of the molecule is Cc1ccc2nc(COc3cccc(C(=O)N(C)CC(C)(C)CN)c3)cn2c1. The molecule has 148 valence electrons. The Morgan fingerprint density at radius 3 is 2.79 bits per heavy atom. The third-order valence-corrected chi connectivity index (χ3v) is 4.68. The number of amides is 1. The lowest BCUT2D eigenvalue weighted by atomic mass is 9.93. The van der Waals surface area contributed by atoms with E-state index in [2.05, 4.69) is 4.98 Å². The van der Waals surface area contributed by atoms with Gasteiger partial charge in [0.05, 0.1) is 5.69 Å². The molecular weight excluding hydrogens is 352 g/mol. The summed E-state index contributed by atoms with van der Waals surface area (Å²) < 4.78 is 7.87. The summed E-state index contributed by atoms with van der Waals surface area (Å²) in [6, 6.07) is 11.3. The van der Waals surface area contributed by atoms with Crippen LogP contribution in [-0.2, 0) is 6.61 Å². The summed E-state index contributed by atoms with van der Waals surface area (Å²) in [7, 11) is 1.80. The number of ether oxygens (including phenoxy) is 1. The van der Waals surface area contributed by atoms with Crippen molar-refractivity contribution in [3.8, 4) is 5.75 Å². The van der Waals surface area contributed by atoms with Gasteiger partial charge in [0, 0.05) is 31.5 Å². The Balaban J connectivity index is 1.67. The zero-order chi connectivity index (χ0) is 20.3. The van der Waals surface area contributed by atoms with Gasteiger partial charge in [-0.2, -0.15) is 0 Å². The Morgan fingerprint density at radius 2 is 2.04 bits per heavy atom. The van der Waals surface area contributed by atoms with Gasteiger partial charge in [0.15, 0.2) is 0 Å². The lowest BCUT2D eigenvalue weighted by molar-refractivity contribution is 0.0740. The summed E-state index contributed by atoms with van der Waals surface area (Å²) in [4.78, 5) is 19.0. The number of rotatable bonds is 7. The Labute approximate surface area is 165 Å². The highest BCUT2D eigenvalue weighted by molar-refractivity contribution is 5.94. The van der Waals surface area contributed by atoms with E-state index in [4.69, 9.17) is 10.5 Å². The molecule has 0 fully saturated rings. The van der Waals surface area contributed by atoms with E-state index in [1.165, 1.54) is 5.56 Å². The quantitative estimate of drug-likeness (QED) is 0.683. The molecule has 2 aromatic heterocycles. The van der Waals surface area contributed by atoms with Crippen LogP contribution in [0.15, 0.2) is 48.8 Å². The van der Waals surface area contributed by atoms with Crippen LogP contribution in [0.4, 0.5) is 0 Å². The van der Waals surface area contributed by atoms with Gasteiger partial charge >= 0.3 is 0 Å². The largest absolute Gasteiger partial charge is 0.487 e. The lowest BCUT2D eigenvalue weighted by Crippen LogP contribution is -2.39. The average Bonchev–Trinajstić information content (AvgIpc) is 3.07. The highest BCUT2D eigenvalue weighted by Crippen LogP contribution is 2.19. The van der Waals surface area contributed by atoms with Crippen LogP contribution in [0.5, 0.6) is 5.75 Å². The minimum atomic E-state index is -0.125. The van der Waals surface area contributed by atoms with Crippen molar-refractivity contribution >= 4 is 11.6 Å². The number of nitrogens with zero attached hydrogens (tertiary/aromatic N) is 3. The van der Waals surface area contributed by atoms with Crippen LogP contribution in [0, 0.1) is 12.3 Å². The molecule has 6 heteroatoms. The fourth-order valence-corrected chi connectivity index (χ4v) is 3.10. The standard InChI is InChI=1S/C22H28N4O2/c1-16-8-9-20-24-18(12-26(20)11-16)13-28-19-7-5-6-17(10-19)21(27)25(4)15-22(2,3)14-23/h5-12H,13-15,23H2,1-4H3. The number of aromatic nitrogens is 2. The number of imidazole rings is 1. The number of carbonyl (C=O) groups is 1. The van der Waals surface area contributed by atoms with E-state index in [0.29, 0.717) is 31.0 Å². The van der Waals surface area contributed by atoms with Gasteiger partial charge in [0.2, 0.25) is 0 Å². The predicted octanol–water partition coefficient (Wildman–Crippen LogP) is 3.28. The molecule has 1 amide bonds. The summed E-state index contributed by atoms with van der Waals surface area (Å²) >= 11 is 0. The van der Waals surface area contributed by atoms with Gasteiger partial charge in [0.25, 0.3) is 5.91 Å². The van der Waals surface area contributed by atoms with Crippen LogP contribution < -0.4 is 10.5 Å². The molecule has 0 unspecified atom stereocenters. The van der Waals surface area contributed by atoms with Crippen LogP contribution in [0.1, 0.15) is 35.5 Å². The van der Waals surface area contributed by atoms with Crippen LogP contribution in [0.3, 0.4) is 0 Å². The van der Waals surface area contributed by atoms with Crippen LogP contribution >= 0.6 is 0 Å². The van der Waals surface area contributed by atoms with Crippen molar-refractivity contribution in [1.29, 1.82) is 0 Å². The van der Waals surface area contributed by atoms with Crippen molar-refractivity contribution in [2.24, 2.45) is 11.1 Å².